The number of amides is 2. The molecular formula is C19H25BrN6O4. The maximum Gasteiger partial charge on any atom is 0.411 e. The Kier molecular flexibility index (Phi) is 6.83. The van der Waals surface area contributed by atoms with Crippen LogP contribution in [0.15, 0.2) is 33.4 Å². The highest BCUT2D eigenvalue weighted by atomic mass is 79.9. The average molecular weight is 481 g/mol. The molecule has 11 heteroatoms. The Labute approximate surface area is 183 Å². The third kappa shape index (κ3) is 4.85. The molecule has 2 aromatic rings. The number of hydrogen-bond donors (Lipinski definition) is 2. The predicted molar refractivity (Wildman–Crippen MR) is 116 cm³/mol. The number of nitrogen functional groups attached to an aromatic ring is 1. The molecule has 0 radical (unpaired) electrons. The van der Waals surface area contributed by atoms with Gasteiger partial charge in [-0.05, 0) is 55.1 Å². The van der Waals surface area contributed by atoms with Crippen LogP contribution in [0.1, 0.15) is 17.4 Å². The maximum absolute atomic E-state index is 12.4. The van der Waals surface area contributed by atoms with Gasteiger partial charge in [-0.25, -0.2) is 4.79 Å². The lowest BCUT2D eigenvalue weighted by atomic mass is 10.2. The van der Waals surface area contributed by atoms with Crippen LogP contribution in [0.2, 0.25) is 0 Å². The molecule has 1 aliphatic rings. The summed E-state index contributed by atoms with van der Waals surface area (Å²) < 4.78 is 10.8. The number of oxazole rings is 1. The molecule has 1 atom stereocenters. The molecule has 1 saturated heterocycles. The molecule has 0 bridgehead atoms. The summed E-state index contributed by atoms with van der Waals surface area (Å²) in [6.07, 6.45) is 0.753. The van der Waals surface area contributed by atoms with Gasteiger partial charge in [0.15, 0.2) is 5.69 Å². The van der Waals surface area contributed by atoms with Crippen LogP contribution in [-0.4, -0.2) is 73.3 Å². The van der Waals surface area contributed by atoms with Crippen LogP contribution in [0, 0.1) is 0 Å². The lowest BCUT2D eigenvalue weighted by molar-refractivity contribution is 0.0432. The molecule has 2 amide bonds. The van der Waals surface area contributed by atoms with E-state index in [1.165, 1.54) is 6.26 Å². The molecule has 2 heterocycles. The summed E-state index contributed by atoms with van der Waals surface area (Å²) in [7, 11) is 3.86. The van der Waals surface area contributed by atoms with E-state index in [1.54, 1.807) is 11.8 Å². The molecule has 1 fully saturated rings. The number of ether oxygens (including phenoxy) is 1. The molecule has 3 rings (SSSR count). The normalized spacial score (nSPS) is 16.6. The van der Waals surface area contributed by atoms with Gasteiger partial charge < -0.3 is 25.1 Å². The molecule has 162 valence electrons. The maximum atomic E-state index is 12.4. The minimum atomic E-state index is -0.424. The Morgan fingerprint density at radius 2 is 2.17 bits per heavy atom. The fourth-order valence-corrected chi connectivity index (χ4v) is 3.59. The van der Waals surface area contributed by atoms with Gasteiger partial charge in [0.2, 0.25) is 0 Å². The summed E-state index contributed by atoms with van der Waals surface area (Å²) in [6.45, 7) is 3.90. The number of carbonyl (C=O) groups excluding carboxylic acids is 2. The first-order chi connectivity index (χ1) is 14.3. The first kappa shape index (κ1) is 21.9. The SMILES string of the molecule is CCOC(=O)N1CCN(c2ccc(Br)c(NC(=O)c3coc(N)n3)c2)CC1N(C)C. The van der Waals surface area contributed by atoms with E-state index in [4.69, 9.17) is 14.9 Å². The van der Waals surface area contributed by atoms with Crippen LogP contribution in [0.4, 0.5) is 22.2 Å². The second-order valence-electron chi connectivity index (χ2n) is 6.97. The number of piperazine rings is 1. The van der Waals surface area contributed by atoms with Crippen molar-refractivity contribution in [1.29, 1.82) is 0 Å². The van der Waals surface area contributed by atoms with Crippen LogP contribution >= 0.6 is 15.9 Å². The topological polar surface area (TPSA) is 117 Å². The average Bonchev–Trinajstić information content (AvgIpc) is 3.16. The summed E-state index contributed by atoms with van der Waals surface area (Å²) in [5.74, 6) is -0.424. The van der Waals surface area contributed by atoms with Crippen molar-refractivity contribution in [2.75, 3.05) is 56.3 Å². The van der Waals surface area contributed by atoms with E-state index >= 15 is 0 Å². The number of nitrogens with two attached hydrogens (primary N) is 1. The van der Waals surface area contributed by atoms with Crippen LogP contribution in [-0.2, 0) is 4.74 Å². The lowest BCUT2D eigenvalue weighted by Crippen LogP contribution is -2.60. The van der Waals surface area contributed by atoms with E-state index < -0.39 is 5.91 Å². The summed E-state index contributed by atoms with van der Waals surface area (Å²) in [5.41, 5.74) is 7.04. The zero-order chi connectivity index (χ0) is 21.8. The first-order valence-electron chi connectivity index (χ1n) is 9.46. The number of carbonyl (C=O) groups is 2. The molecule has 3 N–H and O–H groups in total. The zero-order valence-electron chi connectivity index (χ0n) is 17.1. The lowest BCUT2D eigenvalue weighted by Gasteiger charge is -2.44. The largest absolute Gasteiger partial charge is 0.450 e. The molecule has 1 unspecified atom stereocenters. The van der Waals surface area contributed by atoms with Gasteiger partial charge in [-0.3, -0.25) is 14.6 Å². The zero-order valence-corrected chi connectivity index (χ0v) is 18.7. The number of benzene rings is 1. The van der Waals surface area contributed by atoms with E-state index in [-0.39, 0.29) is 24.0 Å². The van der Waals surface area contributed by atoms with Crippen molar-refractivity contribution in [3.05, 3.63) is 34.6 Å². The third-order valence-electron chi connectivity index (χ3n) is 4.77. The number of nitrogens with one attached hydrogen (secondary N) is 1. The standard InChI is InChI=1S/C19H25BrN6O4/c1-4-29-19(28)26-8-7-25(10-16(26)24(2)3)12-5-6-13(20)14(9-12)22-17(27)15-11-30-18(21)23-15/h5-6,9,11,16H,4,7-8,10H2,1-3H3,(H2,21,23)(H,22,27). The van der Waals surface area contributed by atoms with Crippen LogP contribution in [0.5, 0.6) is 0 Å². The molecule has 0 saturated carbocycles. The van der Waals surface area contributed by atoms with Crippen molar-refractivity contribution in [3.8, 4) is 0 Å². The Bertz CT molecular complexity index is 918. The fraction of sp³-hybridized carbons (Fsp3) is 0.421. The summed E-state index contributed by atoms with van der Waals surface area (Å²) in [5, 5.41) is 2.81. The van der Waals surface area contributed by atoms with Crippen molar-refractivity contribution in [2.24, 2.45) is 0 Å². The number of hydrogen-bond acceptors (Lipinski definition) is 8. The minimum Gasteiger partial charge on any atom is -0.450 e. The van der Waals surface area contributed by atoms with Gasteiger partial charge in [0.1, 0.15) is 12.4 Å². The van der Waals surface area contributed by atoms with Crippen molar-refractivity contribution < 1.29 is 18.7 Å². The molecule has 10 nitrogen and oxygen atoms in total. The van der Waals surface area contributed by atoms with Gasteiger partial charge in [-0.1, -0.05) is 0 Å². The smallest absolute Gasteiger partial charge is 0.411 e. The highest BCUT2D eigenvalue weighted by Gasteiger charge is 2.33. The van der Waals surface area contributed by atoms with E-state index in [9.17, 15) is 9.59 Å². The van der Waals surface area contributed by atoms with Crippen LogP contribution < -0.4 is 16.0 Å². The van der Waals surface area contributed by atoms with E-state index in [0.717, 1.165) is 10.2 Å². The van der Waals surface area contributed by atoms with Gasteiger partial charge >= 0.3 is 6.09 Å². The molecular weight excluding hydrogens is 456 g/mol. The summed E-state index contributed by atoms with van der Waals surface area (Å²) in [4.78, 5) is 34.4. The van der Waals surface area contributed by atoms with E-state index in [0.29, 0.717) is 31.9 Å². The van der Waals surface area contributed by atoms with Crippen molar-refractivity contribution >= 4 is 45.3 Å². The van der Waals surface area contributed by atoms with E-state index in [1.807, 2.05) is 37.2 Å². The molecule has 1 aliphatic heterocycles. The predicted octanol–water partition coefficient (Wildman–Crippen LogP) is 2.44. The van der Waals surface area contributed by atoms with Crippen molar-refractivity contribution in [2.45, 2.75) is 13.1 Å². The third-order valence-corrected chi connectivity index (χ3v) is 5.46. The molecule has 0 spiro atoms. The molecule has 1 aromatic carbocycles. The molecule has 1 aromatic heterocycles. The Balaban J connectivity index is 1.77. The van der Waals surface area contributed by atoms with Gasteiger partial charge in [-0.2, -0.15) is 4.98 Å². The number of aromatic nitrogens is 1. The fourth-order valence-electron chi connectivity index (χ4n) is 3.24. The van der Waals surface area contributed by atoms with Gasteiger partial charge in [0, 0.05) is 23.2 Å². The number of rotatable bonds is 5. The minimum absolute atomic E-state index is 0.0674. The number of halogens is 1. The van der Waals surface area contributed by atoms with Gasteiger partial charge in [0.05, 0.1) is 18.8 Å². The number of anilines is 3. The Hall–Kier alpha value is -2.79. The molecule has 30 heavy (non-hydrogen) atoms. The van der Waals surface area contributed by atoms with Crippen LogP contribution in [0.3, 0.4) is 0 Å². The second-order valence-corrected chi connectivity index (χ2v) is 7.83. The van der Waals surface area contributed by atoms with Gasteiger partial charge in [0.25, 0.3) is 11.9 Å². The Morgan fingerprint density at radius 1 is 1.40 bits per heavy atom. The van der Waals surface area contributed by atoms with Crippen LogP contribution in [0.25, 0.3) is 0 Å². The summed E-state index contributed by atoms with van der Waals surface area (Å²) in [6, 6.07) is 5.63. The second kappa shape index (κ2) is 9.35. The molecule has 0 aliphatic carbocycles. The summed E-state index contributed by atoms with van der Waals surface area (Å²) >= 11 is 3.46. The van der Waals surface area contributed by atoms with E-state index in [2.05, 4.69) is 31.1 Å². The first-order valence-corrected chi connectivity index (χ1v) is 10.3. The quantitative estimate of drug-likeness (QED) is 0.669. The highest BCUT2D eigenvalue weighted by Crippen LogP contribution is 2.30. The Morgan fingerprint density at radius 3 is 2.80 bits per heavy atom. The number of nitrogens with zero attached hydrogens (tertiary/aromatic N) is 4. The van der Waals surface area contributed by atoms with Crippen molar-refractivity contribution in [3.63, 3.8) is 0 Å². The van der Waals surface area contributed by atoms with Gasteiger partial charge in [-0.15, -0.1) is 0 Å². The van der Waals surface area contributed by atoms with Crippen molar-refractivity contribution in [1.82, 2.24) is 14.8 Å². The number of likely N-dealkylation sites (N-methyl/N-ethyl adjacent to an activating group) is 1. The monoisotopic (exact) mass is 480 g/mol. The highest BCUT2D eigenvalue weighted by molar-refractivity contribution is 9.10.